The van der Waals surface area contributed by atoms with E-state index in [0.29, 0.717) is 19.4 Å². The summed E-state index contributed by atoms with van der Waals surface area (Å²) in [6.45, 7) is 2.53. The van der Waals surface area contributed by atoms with Crippen molar-refractivity contribution in [1.29, 1.82) is 0 Å². The molecule has 0 aliphatic carbocycles. The number of aromatic hydroxyl groups is 1. The number of amides is 1. The molecule has 2 heterocycles. The first-order valence-electron chi connectivity index (χ1n) is 10.9. The smallest absolute Gasteiger partial charge is 0.251 e. The molecule has 3 N–H and O–H groups in total. The van der Waals surface area contributed by atoms with E-state index in [1.54, 1.807) is 12.1 Å². The molecule has 160 valence electrons. The van der Waals surface area contributed by atoms with E-state index in [0.717, 1.165) is 28.4 Å². The van der Waals surface area contributed by atoms with Crippen molar-refractivity contribution in [3.63, 3.8) is 0 Å². The van der Waals surface area contributed by atoms with Crippen molar-refractivity contribution in [2.45, 2.75) is 25.8 Å². The van der Waals surface area contributed by atoms with Crippen LogP contribution in [0.25, 0.3) is 0 Å². The Bertz CT molecular complexity index is 1200. The lowest BCUT2D eigenvalue weighted by Crippen LogP contribution is -2.76. The standard InChI is InChI=1S/C27H25N3O2/c1-18-7-9-20(10-8-18)16-24-27(32)30-17-25(21-11-13-22(31)14-12-21)28-23(26(30)29-24)15-19-5-3-2-4-6-19/h2-14,24,29,31H,15-17H2,1H3/p+1. The molecule has 3 aromatic rings. The van der Waals surface area contributed by atoms with Gasteiger partial charge in [0.15, 0.2) is 5.82 Å². The van der Waals surface area contributed by atoms with Crippen LogP contribution in [-0.2, 0) is 17.6 Å². The van der Waals surface area contributed by atoms with Crippen LogP contribution < -0.4 is 10.3 Å². The van der Waals surface area contributed by atoms with E-state index in [1.807, 2.05) is 35.2 Å². The number of hydrogen-bond acceptors (Lipinski definition) is 3. The van der Waals surface area contributed by atoms with Crippen LogP contribution in [0.15, 0.2) is 90.4 Å². The molecule has 1 saturated heterocycles. The highest BCUT2D eigenvalue weighted by molar-refractivity contribution is 6.02. The van der Waals surface area contributed by atoms with E-state index in [-0.39, 0.29) is 17.7 Å². The van der Waals surface area contributed by atoms with Gasteiger partial charge in [0, 0.05) is 12.0 Å². The molecule has 1 fully saturated rings. The number of phenols is 1. The SMILES string of the molecule is Cc1ccc(CC2NC3=C(Cc4ccccc4)[NH+]=C(c4ccc(O)cc4)CN3C2=O)cc1. The summed E-state index contributed by atoms with van der Waals surface area (Å²) >= 11 is 0. The van der Waals surface area contributed by atoms with Gasteiger partial charge in [-0.15, -0.1) is 0 Å². The maximum absolute atomic E-state index is 13.4. The van der Waals surface area contributed by atoms with Gasteiger partial charge in [0.2, 0.25) is 11.4 Å². The Morgan fingerprint density at radius 3 is 2.41 bits per heavy atom. The number of fused-ring (bicyclic) bond motifs is 1. The molecule has 1 atom stereocenters. The van der Waals surface area contributed by atoms with Crippen molar-refractivity contribution in [2.24, 2.45) is 0 Å². The summed E-state index contributed by atoms with van der Waals surface area (Å²) in [5, 5.41) is 13.2. The van der Waals surface area contributed by atoms with Crippen LogP contribution in [0.3, 0.4) is 0 Å². The van der Waals surface area contributed by atoms with Gasteiger partial charge >= 0.3 is 0 Å². The van der Waals surface area contributed by atoms with E-state index in [4.69, 9.17) is 0 Å². The Kier molecular flexibility index (Phi) is 5.23. The molecule has 0 bridgehead atoms. The molecule has 1 amide bonds. The first-order chi connectivity index (χ1) is 15.6. The van der Waals surface area contributed by atoms with Gasteiger partial charge in [-0.1, -0.05) is 60.2 Å². The Morgan fingerprint density at radius 2 is 1.69 bits per heavy atom. The Labute approximate surface area is 187 Å². The van der Waals surface area contributed by atoms with E-state index in [1.165, 1.54) is 11.1 Å². The minimum atomic E-state index is -0.292. The first-order valence-corrected chi connectivity index (χ1v) is 10.9. The maximum Gasteiger partial charge on any atom is 0.251 e. The maximum atomic E-state index is 13.4. The number of nitrogens with one attached hydrogen (secondary N) is 2. The fraction of sp³-hybridized carbons (Fsp3) is 0.185. The largest absolute Gasteiger partial charge is 0.508 e. The zero-order chi connectivity index (χ0) is 22.1. The number of rotatable bonds is 5. The lowest BCUT2D eigenvalue weighted by molar-refractivity contribution is -0.406. The predicted octanol–water partition coefficient (Wildman–Crippen LogP) is 2.04. The van der Waals surface area contributed by atoms with Gasteiger partial charge in [0.25, 0.3) is 5.91 Å². The highest BCUT2D eigenvalue weighted by Gasteiger charge is 2.42. The summed E-state index contributed by atoms with van der Waals surface area (Å²) in [7, 11) is 0. The van der Waals surface area contributed by atoms with Crippen molar-refractivity contribution >= 4 is 11.6 Å². The Morgan fingerprint density at radius 1 is 0.969 bits per heavy atom. The van der Waals surface area contributed by atoms with Gasteiger partial charge in [0.05, 0.1) is 6.42 Å². The predicted molar refractivity (Wildman–Crippen MR) is 124 cm³/mol. The number of nitrogens with zero attached hydrogens (tertiary/aromatic N) is 1. The quantitative estimate of drug-likeness (QED) is 0.587. The molecule has 1 unspecified atom stereocenters. The number of phenolic OH excluding ortho intramolecular Hbond substituents is 1. The van der Waals surface area contributed by atoms with E-state index in [9.17, 15) is 9.90 Å². The van der Waals surface area contributed by atoms with Crippen molar-refractivity contribution in [2.75, 3.05) is 6.54 Å². The van der Waals surface area contributed by atoms with Gasteiger partial charge in [-0.3, -0.25) is 9.69 Å². The van der Waals surface area contributed by atoms with Crippen molar-refractivity contribution in [3.8, 4) is 5.75 Å². The number of carbonyl (C=O) groups excluding carboxylic acids is 1. The topological polar surface area (TPSA) is 66.5 Å². The van der Waals surface area contributed by atoms with Gasteiger partial charge in [0.1, 0.15) is 18.3 Å². The number of aryl methyl sites for hydroxylation is 1. The van der Waals surface area contributed by atoms with E-state index < -0.39 is 0 Å². The molecule has 32 heavy (non-hydrogen) atoms. The molecule has 2 aliphatic rings. The summed E-state index contributed by atoms with van der Waals surface area (Å²) in [5.74, 6) is 1.17. The van der Waals surface area contributed by atoms with Crippen LogP contribution in [0.1, 0.15) is 22.3 Å². The Balaban J connectivity index is 1.48. The number of hydrogen-bond donors (Lipinski definition) is 3. The lowest BCUT2D eigenvalue weighted by Gasteiger charge is -2.20. The normalized spacial score (nSPS) is 17.8. The summed E-state index contributed by atoms with van der Waals surface area (Å²) in [6.07, 6.45) is 1.33. The highest BCUT2D eigenvalue weighted by atomic mass is 16.3. The van der Waals surface area contributed by atoms with Crippen molar-refractivity contribution < 1.29 is 14.9 Å². The van der Waals surface area contributed by atoms with Crippen LogP contribution in [0.5, 0.6) is 5.75 Å². The van der Waals surface area contributed by atoms with Crippen LogP contribution in [0.4, 0.5) is 0 Å². The van der Waals surface area contributed by atoms with Crippen LogP contribution in [-0.4, -0.2) is 34.2 Å². The third-order valence-electron chi connectivity index (χ3n) is 6.05. The summed E-state index contributed by atoms with van der Waals surface area (Å²) in [4.78, 5) is 18.8. The second-order valence-electron chi connectivity index (χ2n) is 8.45. The third-order valence-corrected chi connectivity index (χ3v) is 6.05. The zero-order valence-corrected chi connectivity index (χ0v) is 18.0. The van der Waals surface area contributed by atoms with Gasteiger partial charge in [-0.05, 0) is 42.3 Å². The van der Waals surface area contributed by atoms with E-state index >= 15 is 0 Å². The molecular weight excluding hydrogens is 398 g/mol. The summed E-state index contributed by atoms with van der Waals surface area (Å²) < 4.78 is 0. The average Bonchev–Trinajstić information content (AvgIpc) is 3.12. The zero-order valence-electron chi connectivity index (χ0n) is 18.0. The van der Waals surface area contributed by atoms with Crippen LogP contribution in [0.2, 0.25) is 0 Å². The van der Waals surface area contributed by atoms with Crippen LogP contribution in [0, 0.1) is 6.92 Å². The number of carbonyl (C=O) groups is 1. The second kappa shape index (κ2) is 8.35. The molecule has 5 heteroatoms. The molecule has 0 aromatic heterocycles. The first kappa shape index (κ1) is 20.1. The van der Waals surface area contributed by atoms with Crippen molar-refractivity contribution in [3.05, 3.63) is 113 Å². The molecule has 3 aromatic carbocycles. The summed E-state index contributed by atoms with van der Waals surface area (Å²) in [5.41, 5.74) is 6.41. The molecule has 5 rings (SSSR count). The van der Waals surface area contributed by atoms with Crippen molar-refractivity contribution in [1.82, 2.24) is 10.2 Å². The van der Waals surface area contributed by atoms with E-state index in [2.05, 4.69) is 53.6 Å². The minimum absolute atomic E-state index is 0.0870. The molecule has 0 saturated carbocycles. The monoisotopic (exact) mass is 424 g/mol. The fourth-order valence-electron chi connectivity index (χ4n) is 4.30. The van der Waals surface area contributed by atoms with Crippen LogP contribution >= 0.6 is 0 Å². The molecule has 5 nitrogen and oxygen atoms in total. The van der Waals surface area contributed by atoms with Gasteiger partial charge < -0.3 is 10.4 Å². The minimum Gasteiger partial charge on any atom is -0.508 e. The average molecular weight is 425 g/mol. The molecule has 0 radical (unpaired) electrons. The Hall–Kier alpha value is -3.86. The number of benzene rings is 3. The third kappa shape index (κ3) is 4.02. The highest BCUT2D eigenvalue weighted by Crippen LogP contribution is 2.23. The molecule has 2 aliphatic heterocycles. The molecule has 0 spiro atoms. The lowest BCUT2D eigenvalue weighted by atomic mass is 10.0. The summed E-state index contributed by atoms with van der Waals surface area (Å²) in [6, 6.07) is 25.4. The molecular formula is C27H26N3O2+. The van der Waals surface area contributed by atoms with Gasteiger partial charge in [-0.2, -0.15) is 0 Å². The fourth-order valence-corrected chi connectivity index (χ4v) is 4.30. The number of allylic oxidation sites excluding steroid dienone is 1. The second-order valence-corrected chi connectivity index (χ2v) is 8.45. The van der Waals surface area contributed by atoms with Gasteiger partial charge in [-0.25, -0.2) is 4.99 Å².